The van der Waals surface area contributed by atoms with E-state index in [1.807, 2.05) is 44.3 Å². The van der Waals surface area contributed by atoms with Gasteiger partial charge >= 0.3 is 0 Å². The maximum atomic E-state index is 12.3. The smallest absolute Gasteiger partial charge is 0.241 e. The van der Waals surface area contributed by atoms with Crippen LogP contribution in [0.5, 0.6) is 0 Å². The Morgan fingerprint density at radius 3 is 2.75 bits per heavy atom. The molecule has 0 spiro atoms. The number of amides is 1. The van der Waals surface area contributed by atoms with Gasteiger partial charge < -0.3 is 11.1 Å². The predicted molar refractivity (Wildman–Crippen MR) is 82.5 cm³/mol. The average Bonchev–Trinajstić information content (AvgIpc) is 2.95. The van der Waals surface area contributed by atoms with Gasteiger partial charge in [0.2, 0.25) is 5.91 Å². The molecule has 1 fully saturated rings. The van der Waals surface area contributed by atoms with Crippen molar-refractivity contribution in [3.05, 3.63) is 30.3 Å². The SMILES string of the molecule is CC(C(=O)Nc1ccccc1)N(C)C1CCCC1CN. The van der Waals surface area contributed by atoms with Crippen LogP contribution in [0.3, 0.4) is 0 Å². The Morgan fingerprint density at radius 1 is 1.40 bits per heavy atom. The highest BCUT2D eigenvalue weighted by atomic mass is 16.2. The molecule has 1 aromatic rings. The summed E-state index contributed by atoms with van der Waals surface area (Å²) < 4.78 is 0. The zero-order valence-corrected chi connectivity index (χ0v) is 12.4. The van der Waals surface area contributed by atoms with Crippen molar-refractivity contribution in [3.63, 3.8) is 0 Å². The predicted octanol–water partition coefficient (Wildman–Crippen LogP) is 2.07. The topological polar surface area (TPSA) is 58.4 Å². The molecule has 1 aliphatic carbocycles. The summed E-state index contributed by atoms with van der Waals surface area (Å²) in [6.45, 7) is 2.67. The molecule has 3 N–H and O–H groups in total. The van der Waals surface area contributed by atoms with Gasteiger partial charge in [-0.25, -0.2) is 0 Å². The first-order valence-corrected chi connectivity index (χ1v) is 7.41. The van der Waals surface area contributed by atoms with E-state index >= 15 is 0 Å². The highest BCUT2D eigenvalue weighted by molar-refractivity contribution is 5.94. The van der Waals surface area contributed by atoms with Crippen LogP contribution in [0.4, 0.5) is 5.69 Å². The van der Waals surface area contributed by atoms with Crippen molar-refractivity contribution >= 4 is 11.6 Å². The maximum Gasteiger partial charge on any atom is 0.241 e. The van der Waals surface area contributed by atoms with Gasteiger partial charge in [0.05, 0.1) is 6.04 Å². The van der Waals surface area contributed by atoms with Crippen LogP contribution in [0.2, 0.25) is 0 Å². The van der Waals surface area contributed by atoms with Crippen molar-refractivity contribution in [2.24, 2.45) is 11.7 Å². The Hall–Kier alpha value is -1.39. The van der Waals surface area contributed by atoms with Crippen molar-refractivity contribution in [1.82, 2.24) is 4.90 Å². The molecule has 0 radical (unpaired) electrons. The Bertz CT molecular complexity index is 435. The molecule has 20 heavy (non-hydrogen) atoms. The molecule has 2 rings (SSSR count). The van der Waals surface area contributed by atoms with Crippen LogP contribution >= 0.6 is 0 Å². The average molecular weight is 275 g/mol. The minimum absolute atomic E-state index is 0.0429. The molecule has 3 unspecified atom stereocenters. The Labute approximate surface area is 121 Å². The van der Waals surface area contributed by atoms with Crippen LogP contribution < -0.4 is 11.1 Å². The summed E-state index contributed by atoms with van der Waals surface area (Å²) in [6, 6.07) is 9.88. The van der Waals surface area contributed by atoms with Crippen LogP contribution in [-0.2, 0) is 4.79 Å². The lowest BCUT2D eigenvalue weighted by molar-refractivity contribution is -0.121. The molecule has 110 valence electrons. The molecule has 4 nitrogen and oxygen atoms in total. The molecule has 4 heteroatoms. The van der Waals surface area contributed by atoms with Crippen molar-refractivity contribution in [2.45, 2.75) is 38.3 Å². The summed E-state index contributed by atoms with van der Waals surface area (Å²) >= 11 is 0. The fourth-order valence-corrected chi connectivity index (χ4v) is 3.07. The number of hydrogen-bond donors (Lipinski definition) is 2. The van der Waals surface area contributed by atoms with E-state index < -0.39 is 0 Å². The summed E-state index contributed by atoms with van der Waals surface area (Å²) in [5.74, 6) is 0.563. The molecule has 3 atom stereocenters. The number of anilines is 1. The zero-order valence-electron chi connectivity index (χ0n) is 12.4. The van der Waals surface area contributed by atoms with E-state index in [9.17, 15) is 4.79 Å². The van der Waals surface area contributed by atoms with Crippen molar-refractivity contribution in [2.75, 3.05) is 18.9 Å². The normalized spacial score (nSPS) is 23.8. The van der Waals surface area contributed by atoms with Gasteiger partial charge in [-0.3, -0.25) is 9.69 Å². The second kappa shape index (κ2) is 6.86. The highest BCUT2D eigenvalue weighted by Gasteiger charge is 2.33. The summed E-state index contributed by atoms with van der Waals surface area (Å²) in [7, 11) is 2.04. The molecule has 0 aromatic heterocycles. The second-order valence-electron chi connectivity index (χ2n) is 5.69. The van der Waals surface area contributed by atoms with Gasteiger partial charge in [-0.1, -0.05) is 24.6 Å². The highest BCUT2D eigenvalue weighted by Crippen LogP contribution is 2.29. The Morgan fingerprint density at radius 2 is 2.10 bits per heavy atom. The largest absolute Gasteiger partial charge is 0.330 e. The number of carbonyl (C=O) groups excluding carboxylic acids is 1. The van der Waals surface area contributed by atoms with Crippen molar-refractivity contribution in [1.29, 1.82) is 0 Å². The monoisotopic (exact) mass is 275 g/mol. The first-order chi connectivity index (χ1) is 9.63. The number of nitrogens with zero attached hydrogens (tertiary/aromatic N) is 1. The number of nitrogens with two attached hydrogens (primary N) is 1. The van der Waals surface area contributed by atoms with Crippen LogP contribution in [0.15, 0.2) is 30.3 Å². The van der Waals surface area contributed by atoms with Crippen LogP contribution in [-0.4, -0.2) is 36.5 Å². The van der Waals surface area contributed by atoms with Crippen LogP contribution in [0.25, 0.3) is 0 Å². The van der Waals surface area contributed by atoms with Gasteiger partial charge in [-0.15, -0.1) is 0 Å². The van der Waals surface area contributed by atoms with E-state index in [0.717, 1.165) is 12.1 Å². The Balaban J connectivity index is 1.96. The second-order valence-corrected chi connectivity index (χ2v) is 5.69. The minimum atomic E-state index is -0.146. The number of para-hydroxylation sites is 1. The fraction of sp³-hybridized carbons (Fsp3) is 0.562. The van der Waals surface area contributed by atoms with Gasteiger partial charge in [-0.2, -0.15) is 0 Å². The molecule has 0 saturated heterocycles. The quantitative estimate of drug-likeness (QED) is 0.865. The van der Waals surface area contributed by atoms with E-state index in [1.54, 1.807) is 0 Å². The van der Waals surface area contributed by atoms with Gasteiger partial charge in [0.1, 0.15) is 0 Å². The lowest BCUT2D eigenvalue weighted by atomic mass is 10.0. The molecule has 0 aliphatic heterocycles. The fourth-order valence-electron chi connectivity index (χ4n) is 3.07. The van der Waals surface area contributed by atoms with Crippen molar-refractivity contribution < 1.29 is 4.79 Å². The van der Waals surface area contributed by atoms with E-state index in [1.165, 1.54) is 12.8 Å². The van der Waals surface area contributed by atoms with E-state index in [0.29, 0.717) is 18.5 Å². The van der Waals surface area contributed by atoms with E-state index in [-0.39, 0.29) is 11.9 Å². The molecule has 1 amide bonds. The molecular formula is C16H25N3O. The summed E-state index contributed by atoms with van der Waals surface area (Å²) in [4.78, 5) is 14.5. The number of carbonyl (C=O) groups is 1. The van der Waals surface area contributed by atoms with Gasteiger partial charge in [0, 0.05) is 11.7 Å². The third-order valence-corrected chi connectivity index (χ3v) is 4.48. The third-order valence-electron chi connectivity index (χ3n) is 4.48. The maximum absolute atomic E-state index is 12.3. The molecule has 0 heterocycles. The van der Waals surface area contributed by atoms with Crippen molar-refractivity contribution in [3.8, 4) is 0 Å². The lowest BCUT2D eigenvalue weighted by Crippen LogP contribution is -2.47. The molecule has 1 saturated carbocycles. The van der Waals surface area contributed by atoms with Gasteiger partial charge in [0.15, 0.2) is 0 Å². The summed E-state index contributed by atoms with van der Waals surface area (Å²) in [6.07, 6.45) is 3.53. The van der Waals surface area contributed by atoms with Crippen LogP contribution in [0, 0.1) is 5.92 Å². The van der Waals surface area contributed by atoms with Gasteiger partial charge in [-0.05, 0) is 51.4 Å². The zero-order chi connectivity index (χ0) is 14.5. The molecule has 0 bridgehead atoms. The van der Waals surface area contributed by atoms with E-state index in [2.05, 4.69) is 10.2 Å². The number of hydrogen-bond acceptors (Lipinski definition) is 3. The first kappa shape index (κ1) is 15.0. The third kappa shape index (κ3) is 3.38. The summed E-state index contributed by atoms with van der Waals surface area (Å²) in [5, 5.41) is 2.97. The molecule has 1 aromatic carbocycles. The Kier molecular flexibility index (Phi) is 5.15. The molecule has 1 aliphatic rings. The number of benzene rings is 1. The van der Waals surface area contributed by atoms with Crippen LogP contribution in [0.1, 0.15) is 26.2 Å². The summed E-state index contributed by atoms with van der Waals surface area (Å²) in [5.41, 5.74) is 6.68. The first-order valence-electron chi connectivity index (χ1n) is 7.41. The number of nitrogens with one attached hydrogen (secondary N) is 1. The minimum Gasteiger partial charge on any atom is -0.330 e. The number of likely N-dealkylation sites (N-methyl/N-ethyl adjacent to an activating group) is 1. The number of rotatable bonds is 5. The standard InChI is InChI=1S/C16H25N3O/c1-12(16(20)18-14-8-4-3-5-9-14)19(2)15-10-6-7-13(15)11-17/h3-5,8-9,12-13,15H,6-7,10-11,17H2,1-2H3,(H,18,20). The lowest BCUT2D eigenvalue weighted by Gasteiger charge is -2.33. The molecular weight excluding hydrogens is 250 g/mol. The van der Waals surface area contributed by atoms with E-state index in [4.69, 9.17) is 5.73 Å². The van der Waals surface area contributed by atoms with Gasteiger partial charge in [0.25, 0.3) is 0 Å².